The summed E-state index contributed by atoms with van der Waals surface area (Å²) in [6, 6.07) is 10.1. The van der Waals surface area contributed by atoms with Gasteiger partial charge in [-0.3, -0.25) is 14.5 Å². The number of nitrogens with zero attached hydrogens (tertiary/aromatic N) is 1. The minimum Gasteiger partial charge on any atom is -0.506 e. The monoisotopic (exact) mass is 505 g/mol. The molecular formula is C17H10Cl2INO3S. The summed E-state index contributed by atoms with van der Waals surface area (Å²) in [4.78, 5) is 26.1. The third kappa shape index (κ3) is 4.13. The van der Waals surface area contributed by atoms with Gasteiger partial charge in [0.25, 0.3) is 11.1 Å². The molecule has 0 radical (unpaired) electrons. The van der Waals surface area contributed by atoms with Gasteiger partial charge in [0, 0.05) is 15.6 Å². The van der Waals surface area contributed by atoms with Gasteiger partial charge in [0.15, 0.2) is 0 Å². The van der Waals surface area contributed by atoms with Crippen LogP contribution in [0.5, 0.6) is 5.75 Å². The SMILES string of the molecule is O=C1S/C(=C/c2cc(Cl)cc(I)c2O)C(=O)N1Cc1ccc(Cl)cc1. The van der Waals surface area contributed by atoms with Gasteiger partial charge in [-0.1, -0.05) is 35.3 Å². The maximum atomic E-state index is 12.5. The van der Waals surface area contributed by atoms with Crippen LogP contribution < -0.4 is 0 Å². The number of rotatable bonds is 3. The van der Waals surface area contributed by atoms with Crippen molar-refractivity contribution in [3.63, 3.8) is 0 Å². The van der Waals surface area contributed by atoms with E-state index in [1.54, 1.807) is 36.4 Å². The van der Waals surface area contributed by atoms with E-state index in [4.69, 9.17) is 23.2 Å². The summed E-state index contributed by atoms with van der Waals surface area (Å²) in [5.41, 5.74) is 1.20. The van der Waals surface area contributed by atoms with E-state index in [1.165, 1.54) is 6.08 Å². The Labute approximate surface area is 171 Å². The number of aromatic hydroxyl groups is 1. The molecule has 1 heterocycles. The van der Waals surface area contributed by atoms with Crippen molar-refractivity contribution in [1.82, 2.24) is 4.90 Å². The Morgan fingerprint density at radius 3 is 2.48 bits per heavy atom. The first-order valence-corrected chi connectivity index (χ1v) is 9.68. The molecule has 1 saturated heterocycles. The molecule has 1 aliphatic heterocycles. The first kappa shape index (κ1) is 18.6. The summed E-state index contributed by atoms with van der Waals surface area (Å²) in [5.74, 6) is -0.381. The average molecular weight is 506 g/mol. The second kappa shape index (κ2) is 7.57. The number of thioether (sulfide) groups is 1. The van der Waals surface area contributed by atoms with Crippen LogP contribution in [0.4, 0.5) is 4.79 Å². The number of phenolic OH excluding ortho intramolecular Hbond substituents is 1. The number of imide groups is 1. The molecule has 0 bridgehead atoms. The first-order chi connectivity index (χ1) is 11.8. The fourth-order valence-electron chi connectivity index (χ4n) is 2.25. The predicted molar refractivity (Wildman–Crippen MR) is 109 cm³/mol. The lowest BCUT2D eigenvalue weighted by atomic mass is 10.1. The highest BCUT2D eigenvalue weighted by molar-refractivity contribution is 14.1. The first-order valence-electron chi connectivity index (χ1n) is 7.03. The van der Waals surface area contributed by atoms with Crippen LogP contribution in [0.3, 0.4) is 0 Å². The molecule has 0 aliphatic carbocycles. The molecule has 0 atom stereocenters. The number of carbonyl (C=O) groups excluding carboxylic acids is 2. The zero-order valence-corrected chi connectivity index (χ0v) is 17.0. The molecule has 0 unspecified atom stereocenters. The highest BCUT2D eigenvalue weighted by Gasteiger charge is 2.35. The Bertz CT molecular complexity index is 900. The van der Waals surface area contributed by atoms with E-state index in [9.17, 15) is 14.7 Å². The molecule has 2 aromatic carbocycles. The molecule has 1 N–H and O–H groups in total. The van der Waals surface area contributed by atoms with Crippen LogP contribution in [0.15, 0.2) is 41.3 Å². The summed E-state index contributed by atoms with van der Waals surface area (Å²) in [7, 11) is 0. The number of carbonyl (C=O) groups is 2. The van der Waals surface area contributed by atoms with Gasteiger partial charge in [-0.15, -0.1) is 0 Å². The number of hydrogen-bond acceptors (Lipinski definition) is 4. The van der Waals surface area contributed by atoms with Gasteiger partial charge >= 0.3 is 0 Å². The van der Waals surface area contributed by atoms with Crippen LogP contribution in [-0.4, -0.2) is 21.2 Å². The smallest absolute Gasteiger partial charge is 0.293 e. The van der Waals surface area contributed by atoms with E-state index in [-0.39, 0.29) is 22.4 Å². The van der Waals surface area contributed by atoms with E-state index in [2.05, 4.69) is 0 Å². The lowest BCUT2D eigenvalue weighted by Gasteiger charge is -2.12. The molecule has 2 amide bonds. The molecule has 0 aromatic heterocycles. The van der Waals surface area contributed by atoms with Gasteiger partial charge in [-0.25, -0.2) is 0 Å². The van der Waals surface area contributed by atoms with E-state index in [0.717, 1.165) is 22.2 Å². The van der Waals surface area contributed by atoms with Gasteiger partial charge < -0.3 is 5.11 Å². The summed E-state index contributed by atoms with van der Waals surface area (Å²) >= 11 is 14.6. The molecule has 0 saturated carbocycles. The van der Waals surface area contributed by atoms with Gasteiger partial charge in [-0.05, 0) is 70.3 Å². The Balaban J connectivity index is 1.87. The summed E-state index contributed by atoms with van der Waals surface area (Å²) in [5, 5.41) is 10.8. The molecule has 25 heavy (non-hydrogen) atoms. The highest BCUT2D eigenvalue weighted by Crippen LogP contribution is 2.36. The molecule has 2 aromatic rings. The van der Waals surface area contributed by atoms with Crippen LogP contribution in [0.1, 0.15) is 11.1 Å². The van der Waals surface area contributed by atoms with Crippen LogP contribution in [0.2, 0.25) is 10.0 Å². The molecule has 1 aliphatic rings. The van der Waals surface area contributed by atoms with E-state index < -0.39 is 5.91 Å². The minimum absolute atomic E-state index is 0.0227. The molecule has 0 spiro atoms. The zero-order valence-electron chi connectivity index (χ0n) is 12.5. The minimum atomic E-state index is -0.403. The van der Waals surface area contributed by atoms with Crippen molar-refractivity contribution in [1.29, 1.82) is 0 Å². The second-order valence-electron chi connectivity index (χ2n) is 5.22. The van der Waals surface area contributed by atoms with Gasteiger partial charge in [-0.2, -0.15) is 0 Å². The Morgan fingerprint density at radius 2 is 1.80 bits per heavy atom. The number of hydrogen-bond donors (Lipinski definition) is 1. The molecular weight excluding hydrogens is 496 g/mol. The standard InChI is InChI=1S/C17H10Cl2INO3S/c18-11-3-1-9(2-4-11)8-21-16(23)14(25-17(21)24)6-10-5-12(19)7-13(20)15(10)22/h1-7,22H,8H2/b14-6+. The fraction of sp³-hybridized carbons (Fsp3) is 0.0588. The number of benzene rings is 2. The lowest BCUT2D eigenvalue weighted by Crippen LogP contribution is -2.27. The van der Waals surface area contributed by atoms with Crippen LogP contribution in [0, 0.1) is 3.57 Å². The third-order valence-electron chi connectivity index (χ3n) is 3.47. The summed E-state index contributed by atoms with van der Waals surface area (Å²) in [6.45, 7) is 0.165. The second-order valence-corrected chi connectivity index (χ2v) is 8.25. The van der Waals surface area contributed by atoms with Crippen molar-refractivity contribution >= 4 is 74.8 Å². The van der Waals surface area contributed by atoms with Crippen molar-refractivity contribution in [3.8, 4) is 5.75 Å². The molecule has 128 valence electrons. The molecule has 4 nitrogen and oxygen atoms in total. The predicted octanol–water partition coefficient (Wildman–Crippen LogP) is 5.54. The molecule has 1 fully saturated rings. The fourth-order valence-corrected chi connectivity index (χ4v) is 4.26. The number of halogens is 3. The zero-order chi connectivity index (χ0) is 18.1. The Hall–Kier alpha value is -1.22. The van der Waals surface area contributed by atoms with Gasteiger partial charge in [0.05, 0.1) is 15.0 Å². The van der Waals surface area contributed by atoms with Gasteiger partial charge in [0.2, 0.25) is 0 Å². The van der Waals surface area contributed by atoms with Crippen LogP contribution >= 0.6 is 57.6 Å². The quantitative estimate of drug-likeness (QED) is 0.439. The maximum Gasteiger partial charge on any atom is 0.293 e. The average Bonchev–Trinajstić information content (AvgIpc) is 2.81. The number of phenols is 1. The Kier molecular flexibility index (Phi) is 5.62. The van der Waals surface area contributed by atoms with E-state index in [1.807, 2.05) is 22.6 Å². The van der Waals surface area contributed by atoms with Crippen LogP contribution in [0.25, 0.3) is 6.08 Å². The summed E-state index contributed by atoms with van der Waals surface area (Å²) in [6.07, 6.45) is 1.48. The largest absolute Gasteiger partial charge is 0.506 e. The van der Waals surface area contributed by atoms with Crippen molar-refractivity contribution in [2.45, 2.75) is 6.54 Å². The Morgan fingerprint density at radius 1 is 1.12 bits per heavy atom. The third-order valence-corrected chi connectivity index (χ3v) is 5.67. The highest BCUT2D eigenvalue weighted by atomic mass is 127. The molecule has 3 rings (SSSR count). The van der Waals surface area contributed by atoms with E-state index >= 15 is 0 Å². The summed E-state index contributed by atoms with van der Waals surface area (Å²) < 4.78 is 0.566. The normalized spacial score (nSPS) is 16.1. The van der Waals surface area contributed by atoms with Crippen molar-refractivity contribution in [2.24, 2.45) is 0 Å². The number of amides is 2. The maximum absolute atomic E-state index is 12.5. The van der Waals surface area contributed by atoms with Crippen molar-refractivity contribution in [3.05, 3.63) is 66.0 Å². The van der Waals surface area contributed by atoms with E-state index in [0.29, 0.717) is 19.2 Å². The topological polar surface area (TPSA) is 57.6 Å². The van der Waals surface area contributed by atoms with Crippen molar-refractivity contribution in [2.75, 3.05) is 0 Å². The van der Waals surface area contributed by atoms with Crippen molar-refractivity contribution < 1.29 is 14.7 Å². The van der Waals surface area contributed by atoms with Gasteiger partial charge in [0.1, 0.15) is 5.75 Å². The van der Waals surface area contributed by atoms with Crippen LogP contribution in [-0.2, 0) is 11.3 Å². The molecule has 8 heteroatoms. The lowest BCUT2D eigenvalue weighted by molar-refractivity contribution is -0.123.